The molecule has 0 aliphatic carbocycles. The van der Waals surface area contributed by atoms with Crippen LogP contribution in [0.5, 0.6) is 0 Å². The Hall–Kier alpha value is -1.35. The number of fused-ring (bicyclic) bond motifs is 1. The zero-order valence-electron chi connectivity index (χ0n) is 11.0. The molecule has 1 heterocycles. The van der Waals surface area contributed by atoms with E-state index in [-0.39, 0.29) is 24.0 Å². The monoisotopic (exact) mass is 403 g/mol. The van der Waals surface area contributed by atoms with Crippen LogP contribution < -0.4 is 16.4 Å². The van der Waals surface area contributed by atoms with E-state index < -0.39 is 0 Å². The first-order valence-corrected chi connectivity index (χ1v) is 6.85. The molecule has 2 aromatic rings. The Bertz CT molecular complexity index is 548. The molecular formula is C13H18IN5S. The molecule has 0 aliphatic heterocycles. The van der Waals surface area contributed by atoms with Crippen LogP contribution in [0.3, 0.4) is 0 Å². The summed E-state index contributed by atoms with van der Waals surface area (Å²) in [5.74, 6) is 0.436. The number of aliphatic imine (C=N–C) groups is 1. The van der Waals surface area contributed by atoms with E-state index in [0.29, 0.717) is 25.6 Å². The minimum atomic E-state index is 0. The molecule has 5 nitrogen and oxygen atoms in total. The van der Waals surface area contributed by atoms with Gasteiger partial charge in [0.2, 0.25) is 0 Å². The van der Waals surface area contributed by atoms with Crippen molar-refractivity contribution < 1.29 is 0 Å². The lowest BCUT2D eigenvalue weighted by molar-refractivity contribution is 0.959. The fraction of sp³-hybridized carbons (Fsp3) is 0.231. The first-order chi connectivity index (χ1) is 9.29. The highest BCUT2D eigenvalue weighted by atomic mass is 127. The Morgan fingerprint density at radius 1 is 1.45 bits per heavy atom. The summed E-state index contributed by atoms with van der Waals surface area (Å²) in [6, 6.07) is 8.07. The van der Waals surface area contributed by atoms with Crippen LogP contribution >= 0.6 is 35.3 Å². The molecule has 20 heavy (non-hydrogen) atoms. The zero-order valence-corrected chi connectivity index (χ0v) is 14.2. The van der Waals surface area contributed by atoms with Crippen molar-refractivity contribution in [3.8, 4) is 0 Å². The maximum Gasteiger partial charge on any atom is 0.188 e. The molecular weight excluding hydrogens is 385 g/mol. The second kappa shape index (κ2) is 8.75. The van der Waals surface area contributed by atoms with Gasteiger partial charge in [0.05, 0.1) is 16.8 Å². The summed E-state index contributed by atoms with van der Waals surface area (Å²) in [5.41, 5.74) is 6.67. The Labute approximate surface area is 139 Å². The van der Waals surface area contributed by atoms with Crippen LogP contribution in [0, 0.1) is 0 Å². The molecule has 0 spiro atoms. The number of para-hydroxylation sites is 1. The van der Waals surface area contributed by atoms with Gasteiger partial charge in [-0.15, -0.1) is 30.6 Å². The van der Waals surface area contributed by atoms with Crippen LogP contribution in [0.4, 0.5) is 5.13 Å². The summed E-state index contributed by atoms with van der Waals surface area (Å²) in [7, 11) is 0. The van der Waals surface area contributed by atoms with Crippen LogP contribution in [0.2, 0.25) is 0 Å². The minimum Gasteiger partial charge on any atom is -0.370 e. The second-order valence-corrected chi connectivity index (χ2v) is 4.88. The number of nitrogens with zero attached hydrogens (tertiary/aromatic N) is 2. The third-order valence-corrected chi connectivity index (χ3v) is 3.39. The van der Waals surface area contributed by atoms with Crippen molar-refractivity contribution in [3.05, 3.63) is 36.9 Å². The lowest BCUT2D eigenvalue weighted by Crippen LogP contribution is -2.32. The number of guanidine groups is 1. The minimum absolute atomic E-state index is 0. The summed E-state index contributed by atoms with van der Waals surface area (Å²) in [6.07, 6.45) is 1.74. The van der Waals surface area contributed by atoms with Gasteiger partial charge in [0.1, 0.15) is 0 Å². The van der Waals surface area contributed by atoms with Gasteiger partial charge in [-0.1, -0.05) is 29.5 Å². The maximum absolute atomic E-state index is 5.65. The third-order valence-electron chi connectivity index (χ3n) is 2.39. The van der Waals surface area contributed by atoms with Gasteiger partial charge < -0.3 is 16.4 Å². The van der Waals surface area contributed by atoms with Crippen LogP contribution in [0.25, 0.3) is 10.2 Å². The van der Waals surface area contributed by atoms with Crippen molar-refractivity contribution in [1.82, 2.24) is 10.3 Å². The number of aromatic nitrogens is 1. The molecule has 0 amide bonds. The van der Waals surface area contributed by atoms with E-state index in [9.17, 15) is 0 Å². The van der Waals surface area contributed by atoms with E-state index in [2.05, 4.69) is 33.3 Å². The SMILES string of the molecule is C=CCNC(N)=NCCNc1nc2ccccc2s1.I. The molecule has 108 valence electrons. The Morgan fingerprint density at radius 3 is 3.00 bits per heavy atom. The lowest BCUT2D eigenvalue weighted by Gasteiger charge is -2.02. The molecule has 0 atom stereocenters. The molecule has 7 heteroatoms. The molecule has 0 radical (unpaired) electrons. The summed E-state index contributed by atoms with van der Waals surface area (Å²) < 4.78 is 1.18. The van der Waals surface area contributed by atoms with E-state index in [4.69, 9.17) is 5.73 Å². The van der Waals surface area contributed by atoms with E-state index in [0.717, 1.165) is 10.6 Å². The van der Waals surface area contributed by atoms with Gasteiger partial charge in [-0.05, 0) is 12.1 Å². The molecule has 2 rings (SSSR count). The molecule has 0 fully saturated rings. The molecule has 0 unspecified atom stereocenters. The standard InChI is InChI=1S/C13H17N5S.HI/c1-2-7-15-12(14)16-8-9-17-13-18-10-5-3-4-6-11(10)19-13;/h2-6H,1,7-9H2,(H,17,18)(H3,14,15,16);1H. The zero-order chi connectivity index (χ0) is 13.5. The highest BCUT2D eigenvalue weighted by molar-refractivity contribution is 14.0. The second-order valence-electron chi connectivity index (χ2n) is 3.85. The lowest BCUT2D eigenvalue weighted by atomic mass is 10.3. The molecule has 0 saturated heterocycles. The number of nitrogens with one attached hydrogen (secondary N) is 2. The van der Waals surface area contributed by atoms with Crippen LogP contribution in [-0.2, 0) is 0 Å². The third kappa shape index (κ3) is 4.97. The normalized spacial score (nSPS) is 10.9. The smallest absolute Gasteiger partial charge is 0.188 e. The number of hydrogen-bond donors (Lipinski definition) is 3. The predicted octanol–water partition coefficient (Wildman–Crippen LogP) is 2.42. The number of hydrogen-bond acceptors (Lipinski definition) is 4. The molecule has 0 bridgehead atoms. The summed E-state index contributed by atoms with van der Waals surface area (Å²) in [5, 5.41) is 7.07. The predicted molar refractivity (Wildman–Crippen MR) is 98.2 cm³/mol. The average Bonchev–Trinajstić information content (AvgIpc) is 2.84. The number of nitrogens with two attached hydrogens (primary N) is 1. The van der Waals surface area contributed by atoms with E-state index >= 15 is 0 Å². The van der Waals surface area contributed by atoms with Gasteiger partial charge in [-0.2, -0.15) is 0 Å². The molecule has 0 aliphatic rings. The topological polar surface area (TPSA) is 75.3 Å². The van der Waals surface area contributed by atoms with Crippen LogP contribution in [0.1, 0.15) is 0 Å². The summed E-state index contributed by atoms with van der Waals surface area (Å²) in [6.45, 7) is 5.53. The van der Waals surface area contributed by atoms with E-state index in [1.54, 1.807) is 17.4 Å². The van der Waals surface area contributed by atoms with Gasteiger partial charge in [-0.25, -0.2) is 4.98 Å². The highest BCUT2D eigenvalue weighted by Gasteiger charge is 2.01. The molecule has 4 N–H and O–H groups in total. The van der Waals surface area contributed by atoms with Gasteiger partial charge in [0.25, 0.3) is 0 Å². The van der Waals surface area contributed by atoms with Crippen LogP contribution in [-0.4, -0.2) is 30.6 Å². The summed E-state index contributed by atoms with van der Waals surface area (Å²) in [4.78, 5) is 8.66. The van der Waals surface area contributed by atoms with E-state index in [1.807, 2.05) is 18.2 Å². The first kappa shape index (κ1) is 16.7. The van der Waals surface area contributed by atoms with E-state index in [1.165, 1.54) is 4.70 Å². The van der Waals surface area contributed by atoms with Crippen LogP contribution in [0.15, 0.2) is 41.9 Å². The number of benzene rings is 1. The summed E-state index contributed by atoms with van der Waals surface area (Å²) >= 11 is 1.64. The Balaban J connectivity index is 0.00000200. The average molecular weight is 403 g/mol. The van der Waals surface area contributed by atoms with Gasteiger partial charge in [0, 0.05) is 13.1 Å². The molecule has 1 aromatic heterocycles. The first-order valence-electron chi connectivity index (χ1n) is 6.03. The number of halogens is 1. The number of rotatable bonds is 6. The number of anilines is 1. The Morgan fingerprint density at radius 2 is 2.25 bits per heavy atom. The largest absolute Gasteiger partial charge is 0.370 e. The fourth-order valence-corrected chi connectivity index (χ4v) is 2.41. The highest BCUT2D eigenvalue weighted by Crippen LogP contribution is 2.24. The fourth-order valence-electron chi connectivity index (χ4n) is 1.52. The van der Waals surface area contributed by atoms with Crippen molar-refractivity contribution in [3.63, 3.8) is 0 Å². The maximum atomic E-state index is 5.65. The van der Waals surface area contributed by atoms with Gasteiger partial charge in [-0.3, -0.25) is 4.99 Å². The molecule has 1 aromatic carbocycles. The van der Waals surface area contributed by atoms with Crippen molar-refractivity contribution >= 4 is 56.6 Å². The quantitative estimate of drug-likeness (QED) is 0.228. The van der Waals surface area contributed by atoms with Gasteiger partial charge in [0.15, 0.2) is 11.1 Å². The van der Waals surface area contributed by atoms with Crippen molar-refractivity contribution in [1.29, 1.82) is 0 Å². The van der Waals surface area contributed by atoms with Gasteiger partial charge >= 0.3 is 0 Å². The van der Waals surface area contributed by atoms with Crippen molar-refractivity contribution in [2.75, 3.05) is 25.0 Å². The van der Waals surface area contributed by atoms with Crippen molar-refractivity contribution in [2.24, 2.45) is 10.7 Å². The number of thiazole rings is 1. The van der Waals surface area contributed by atoms with Crippen molar-refractivity contribution in [2.45, 2.75) is 0 Å². The Kier molecular flexibility index (Phi) is 7.31. The molecule has 0 saturated carbocycles.